The quantitative estimate of drug-likeness (QED) is 0.906. The predicted molar refractivity (Wildman–Crippen MR) is 89.8 cm³/mol. The Hall–Kier alpha value is -1.92. The third-order valence-electron chi connectivity index (χ3n) is 3.77. The van der Waals surface area contributed by atoms with Gasteiger partial charge in [0.1, 0.15) is 10.9 Å². The number of halogens is 1. The highest BCUT2D eigenvalue weighted by Gasteiger charge is 2.37. The lowest BCUT2D eigenvalue weighted by Gasteiger charge is -2.35. The van der Waals surface area contributed by atoms with Crippen LogP contribution in [0.3, 0.4) is 0 Å². The first-order valence-electron chi connectivity index (χ1n) is 7.26. The number of aromatic nitrogens is 1. The summed E-state index contributed by atoms with van der Waals surface area (Å²) in [4.78, 5) is 31.8. The Labute approximate surface area is 143 Å². The molecule has 2 aromatic rings. The normalized spacial score (nSPS) is 18.0. The molecule has 2 heterocycles. The smallest absolute Gasteiger partial charge is 0.266 e. The molecule has 1 aromatic heterocycles. The fourth-order valence-corrected chi connectivity index (χ4v) is 3.87. The zero-order valence-corrected chi connectivity index (χ0v) is 14.4. The SMILES string of the molecule is Cc1nc(C)c(C(=O)N2CCNC(=O)[C@H]2c2ccccc2Cl)s1. The van der Waals surface area contributed by atoms with Gasteiger partial charge in [0.25, 0.3) is 5.91 Å². The second-order valence-corrected chi connectivity index (χ2v) is 6.97. The van der Waals surface area contributed by atoms with Crippen molar-refractivity contribution in [1.29, 1.82) is 0 Å². The fraction of sp³-hybridized carbons (Fsp3) is 0.312. The molecular formula is C16H16ClN3O2S. The minimum absolute atomic E-state index is 0.173. The summed E-state index contributed by atoms with van der Waals surface area (Å²) in [6.07, 6.45) is 0. The van der Waals surface area contributed by atoms with Gasteiger partial charge in [0.15, 0.2) is 0 Å². The van der Waals surface area contributed by atoms with E-state index in [2.05, 4.69) is 10.3 Å². The number of hydrogen-bond acceptors (Lipinski definition) is 4. The van der Waals surface area contributed by atoms with E-state index in [1.165, 1.54) is 11.3 Å². The number of thiazole rings is 1. The number of nitrogens with zero attached hydrogens (tertiary/aromatic N) is 2. The highest BCUT2D eigenvalue weighted by atomic mass is 35.5. The summed E-state index contributed by atoms with van der Waals surface area (Å²) in [5.41, 5.74) is 1.33. The molecule has 0 bridgehead atoms. The Morgan fingerprint density at radius 1 is 1.39 bits per heavy atom. The van der Waals surface area contributed by atoms with Crippen LogP contribution < -0.4 is 5.32 Å². The van der Waals surface area contributed by atoms with E-state index in [0.29, 0.717) is 34.2 Å². The maximum Gasteiger partial charge on any atom is 0.266 e. The summed E-state index contributed by atoms with van der Waals surface area (Å²) in [5.74, 6) is -0.385. The fourth-order valence-electron chi connectivity index (χ4n) is 2.75. The first kappa shape index (κ1) is 16.0. The third-order valence-corrected chi connectivity index (χ3v) is 5.18. The number of hydrogen-bond donors (Lipinski definition) is 1. The van der Waals surface area contributed by atoms with E-state index in [0.717, 1.165) is 5.01 Å². The summed E-state index contributed by atoms with van der Waals surface area (Å²) in [5, 5.41) is 4.12. The molecule has 1 atom stereocenters. The summed E-state index contributed by atoms with van der Waals surface area (Å²) in [6.45, 7) is 4.55. The molecule has 0 spiro atoms. The van der Waals surface area contributed by atoms with Crippen LogP contribution in [0.5, 0.6) is 0 Å². The molecule has 3 rings (SSSR count). The predicted octanol–water partition coefficient (Wildman–Crippen LogP) is 2.73. The van der Waals surface area contributed by atoms with Crippen molar-refractivity contribution >= 4 is 34.8 Å². The molecule has 1 aromatic carbocycles. The van der Waals surface area contributed by atoms with Crippen LogP contribution in [0.1, 0.15) is 32.0 Å². The van der Waals surface area contributed by atoms with E-state index in [9.17, 15) is 9.59 Å². The number of benzene rings is 1. The lowest BCUT2D eigenvalue weighted by Crippen LogP contribution is -2.52. The van der Waals surface area contributed by atoms with Crippen molar-refractivity contribution in [3.63, 3.8) is 0 Å². The van der Waals surface area contributed by atoms with Crippen molar-refractivity contribution in [3.05, 3.63) is 50.4 Å². The maximum absolute atomic E-state index is 12.9. The van der Waals surface area contributed by atoms with Gasteiger partial charge in [-0.05, 0) is 19.9 Å². The van der Waals surface area contributed by atoms with Crippen LogP contribution >= 0.6 is 22.9 Å². The molecule has 1 fully saturated rings. The van der Waals surface area contributed by atoms with E-state index >= 15 is 0 Å². The summed E-state index contributed by atoms with van der Waals surface area (Å²) in [6, 6.07) is 6.40. The van der Waals surface area contributed by atoms with Crippen molar-refractivity contribution in [1.82, 2.24) is 15.2 Å². The minimum atomic E-state index is -0.716. The monoisotopic (exact) mass is 349 g/mol. The molecule has 2 amide bonds. The van der Waals surface area contributed by atoms with Crippen LogP contribution in [0.2, 0.25) is 5.02 Å². The molecule has 23 heavy (non-hydrogen) atoms. The highest BCUT2D eigenvalue weighted by Crippen LogP contribution is 2.31. The first-order valence-corrected chi connectivity index (χ1v) is 8.45. The molecule has 0 radical (unpaired) electrons. The van der Waals surface area contributed by atoms with Crippen LogP contribution in [0.15, 0.2) is 24.3 Å². The van der Waals surface area contributed by atoms with Crippen LogP contribution in [-0.2, 0) is 4.79 Å². The summed E-state index contributed by atoms with van der Waals surface area (Å²) >= 11 is 7.60. The van der Waals surface area contributed by atoms with Crippen LogP contribution in [0.4, 0.5) is 0 Å². The van der Waals surface area contributed by atoms with E-state index < -0.39 is 6.04 Å². The minimum Gasteiger partial charge on any atom is -0.352 e. The summed E-state index contributed by atoms with van der Waals surface area (Å²) < 4.78 is 0. The van der Waals surface area contributed by atoms with Gasteiger partial charge in [0.05, 0.1) is 10.7 Å². The zero-order valence-electron chi connectivity index (χ0n) is 12.8. The average molecular weight is 350 g/mol. The average Bonchev–Trinajstić information content (AvgIpc) is 2.86. The van der Waals surface area contributed by atoms with E-state index in [-0.39, 0.29) is 11.8 Å². The second kappa shape index (κ2) is 6.29. The largest absolute Gasteiger partial charge is 0.352 e. The number of carbonyl (C=O) groups excluding carboxylic acids is 2. The topological polar surface area (TPSA) is 62.3 Å². The zero-order chi connectivity index (χ0) is 16.6. The Bertz CT molecular complexity index is 774. The van der Waals surface area contributed by atoms with Gasteiger partial charge >= 0.3 is 0 Å². The molecule has 7 heteroatoms. The van der Waals surface area contributed by atoms with Crippen molar-refractivity contribution < 1.29 is 9.59 Å². The number of amides is 2. The van der Waals surface area contributed by atoms with E-state index in [1.54, 1.807) is 23.1 Å². The van der Waals surface area contributed by atoms with Gasteiger partial charge in [-0.3, -0.25) is 9.59 Å². The first-order chi connectivity index (χ1) is 11.0. The van der Waals surface area contributed by atoms with Crippen molar-refractivity contribution in [2.75, 3.05) is 13.1 Å². The standard InChI is InChI=1S/C16H16ClN3O2S/c1-9-14(23-10(2)19-9)16(22)20-8-7-18-15(21)13(20)11-5-3-4-6-12(11)17/h3-6,13H,7-8H2,1-2H3,(H,18,21)/t13-/m1/s1. The van der Waals surface area contributed by atoms with E-state index in [4.69, 9.17) is 11.6 Å². The van der Waals surface area contributed by atoms with Crippen molar-refractivity contribution in [2.24, 2.45) is 0 Å². The van der Waals surface area contributed by atoms with E-state index in [1.807, 2.05) is 19.9 Å². The third kappa shape index (κ3) is 2.96. The number of carbonyl (C=O) groups is 2. The van der Waals surface area contributed by atoms with Gasteiger partial charge in [-0.15, -0.1) is 11.3 Å². The van der Waals surface area contributed by atoms with Crippen LogP contribution in [-0.4, -0.2) is 34.8 Å². The molecule has 0 saturated carbocycles. The number of nitrogens with one attached hydrogen (secondary N) is 1. The molecule has 1 saturated heterocycles. The Balaban J connectivity index is 2.02. The lowest BCUT2D eigenvalue weighted by atomic mass is 10.0. The molecule has 1 aliphatic heterocycles. The molecule has 0 aliphatic carbocycles. The number of aryl methyl sites for hydroxylation is 2. The van der Waals surface area contributed by atoms with Crippen LogP contribution in [0, 0.1) is 13.8 Å². The Kier molecular flexibility index (Phi) is 4.37. The number of piperazine rings is 1. The molecule has 0 unspecified atom stereocenters. The van der Waals surface area contributed by atoms with Crippen molar-refractivity contribution in [2.45, 2.75) is 19.9 Å². The van der Waals surface area contributed by atoms with Gasteiger partial charge in [-0.1, -0.05) is 29.8 Å². The van der Waals surface area contributed by atoms with Gasteiger partial charge in [0, 0.05) is 23.7 Å². The van der Waals surface area contributed by atoms with Gasteiger partial charge in [0.2, 0.25) is 5.91 Å². The molecule has 120 valence electrons. The Morgan fingerprint density at radius 2 is 2.13 bits per heavy atom. The molecule has 1 N–H and O–H groups in total. The Morgan fingerprint density at radius 3 is 2.78 bits per heavy atom. The van der Waals surface area contributed by atoms with Gasteiger partial charge in [-0.25, -0.2) is 4.98 Å². The van der Waals surface area contributed by atoms with Crippen LogP contribution in [0.25, 0.3) is 0 Å². The molecular weight excluding hydrogens is 334 g/mol. The highest BCUT2D eigenvalue weighted by molar-refractivity contribution is 7.13. The summed E-state index contributed by atoms with van der Waals surface area (Å²) in [7, 11) is 0. The number of rotatable bonds is 2. The second-order valence-electron chi connectivity index (χ2n) is 5.36. The van der Waals surface area contributed by atoms with Gasteiger partial charge in [-0.2, -0.15) is 0 Å². The maximum atomic E-state index is 12.9. The molecule has 1 aliphatic rings. The van der Waals surface area contributed by atoms with Gasteiger partial charge < -0.3 is 10.2 Å². The lowest BCUT2D eigenvalue weighted by molar-refractivity contribution is -0.128. The molecule has 5 nitrogen and oxygen atoms in total. The van der Waals surface area contributed by atoms with Crippen molar-refractivity contribution in [3.8, 4) is 0 Å².